The lowest BCUT2D eigenvalue weighted by atomic mass is 10.1. The average Bonchev–Trinajstić information content (AvgIpc) is 2.60. The van der Waals surface area contributed by atoms with Gasteiger partial charge in [-0.3, -0.25) is 14.6 Å². The molecule has 0 radical (unpaired) electrons. The minimum absolute atomic E-state index is 0.0896. The summed E-state index contributed by atoms with van der Waals surface area (Å²) in [5, 5.41) is 4.56. The highest BCUT2D eigenvalue weighted by Crippen LogP contribution is 2.36. The molecule has 2 rings (SSSR count). The number of alkyl halides is 3. The van der Waals surface area contributed by atoms with Gasteiger partial charge in [0.05, 0.1) is 10.6 Å². The molecule has 0 fully saturated rings. The van der Waals surface area contributed by atoms with E-state index >= 15 is 0 Å². The standard InChI is InChI=1S/C18H17ClF3N3O2/c1-10(2)9-24-16(26)11-5-6-23-15(7-11)17(27)25-12-3-4-14(19)13(8-12)18(20,21)22/h3-8,10H,9H2,1-2H3,(H,24,26)(H,25,27). The van der Waals surface area contributed by atoms with Crippen molar-refractivity contribution in [3.05, 3.63) is 58.4 Å². The number of rotatable bonds is 5. The van der Waals surface area contributed by atoms with Crippen molar-refractivity contribution in [3.63, 3.8) is 0 Å². The van der Waals surface area contributed by atoms with Crippen molar-refractivity contribution >= 4 is 29.1 Å². The van der Waals surface area contributed by atoms with Crippen molar-refractivity contribution in [2.45, 2.75) is 20.0 Å². The van der Waals surface area contributed by atoms with E-state index in [4.69, 9.17) is 11.6 Å². The molecule has 9 heteroatoms. The molecular formula is C18H17ClF3N3O2. The summed E-state index contributed by atoms with van der Waals surface area (Å²) in [7, 11) is 0. The predicted octanol–water partition coefficient (Wildman–Crippen LogP) is 4.39. The second kappa shape index (κ2) is 8.39. The highest BCUT2D eigenvalue weighted by atomic mass is 35.5. The van der Waals surface area contributed by atoms with E-state index < -0.39 is 22.7 Å². The summed E-state index contributed by atoms with van der Waals surface area (Å²) in [5.74, 6) is -0.860. The summed E-state index contributed by atoms with van der Waals surface area (Å²) in [5.41, 5.74) is -1.02. The zero-order valence-corrected chi connectivity index (χ0v) is 15.3. The van der Waals surface area contributed by atoms with E-state index in [1.165, 1.54) is 24.4 Å². The molecule has 0 aliphatic carbocycles. The molecule has 1 aromatic heterocycles. The summed E-state index contributed by atoms with van der Waals surface area (Å²) >= 11 is 5.55. The van der Waals surface area contributed by atoms with Gasteiger partial charge < -0.3 is 10.6 Å². The van der Waals surface area contributed by atoms with Gasteiger partial charge in [0.2, 0.25) is 0 Å². The van der Waals surface area contributed by atoms with Gasteiger partial charge >= 0.3 is 6.18 Å². The molecular weight excluding hydrogens is 383 g/mol. The first kappa shape index (κ1) is 20.7. The number of hydrogen-bond acceptors (Lipinski definition) is 3. The van der Waals surface area contributed by atoms with Crippen LogP contribution in [0.1, 0.15) is 40.3 Å². The van der Waals surface area contributed by atoms with Crippen LogP contribution in [0.25, 0.3) is 0 Å². The van der Waals surface area contributed by atoms with E-state index in [0.717, 1.165) is 12.1 Å². The number of nitrogens with zero attached hydrogens (tertiary/aromatic N) is 1. The molecule has 0 aliphatic heterocycles. The van der Waals surface area contributed by atoms with Crippen molar-refractivity contribution in [2.75, 3.05) is 11.9 Å². The topological polar surface area (TPSA) is 71.1 Å². The minimum Gasteiger partial charge on any atom is -0.352 e. The highest BCUT2D eigenvalue weighted by molar-refractivity contribution is 6.31. The van der Waals surface area contributed by atoms with Gasteiger partial charge in [-0.05, 0) is 36.2 Å². The Kier molecular flexibility index (Phi) is 6.43. The van der Waals surface area contributed by atoms with Gasteiger partial charge in [0.15, 0.2) is 0 Å². The predicted molar refractivity (Wildman–Crippen MR) is 95.8 cm³/mol. The fourth-order valence-corrected chi connectivity index (χ4v) is 2.33. The summed E-state index contributed by atoms with van der Waals surface area (Å²) in [6.07, 6.45) is -3.37. The second-order valence-electron chi connectivity index (χ2n) is 6.18. The number of carbonyl (C=O) groups excluding carboxylic acids is 2. The van der Waals surface area contributed by atoms with Crippen LogP contribution in [0.4, 0.5) is 18.9 Å². The second-order valence-corrected chi connectivity index (χ2v) is 6.59. The Bertz CT molecular complexity index is 854. The molecule has 27 heavy (non-hydrogen) atoms. The Hall–Kier alpha value is -2.61. The molecule has 0 saturated heterocycles. The van der Waals surface area contributed by atoms with Crippen LogP contribution >= 0.6 is 11.6 Å². The summed E-state index contributed by atoms with van der Waals surface area (Å²) in [4.78, 5) is 28.2. The van der Waals surface area contributed by atoms with Crippen molar-refractivity contribution in [1.82, 2.24) is 10.3 Å². The van der Waals surface area contributed by atoms with Gasteiger partial charge in [0.1, 0.15) is 5.69 Å². The van der Waals surface area contributed by atoms with Crippen LogP contribution in [0.15, 0.2) is 36.5 Å². The first-order chi connectivity index (χ1) is 12.6. The summed E-state index contributed by atoms with van der Waals surface area (Å²) in [6.45, 7) is 4.34. The zero-order chi connectivity index (χ0) is 20.2. The number of halogens is 4. The zero-order valence-electron chi connectivity index (χ0n) is 14.5. The smallest absolute Gasteiger partial charge is 0.352 e. The lowest BCUT2D eigenvalue weighted by Crippen LogP contribution is -2.27. The molecule has 0 unspecified atom stereocenters. The number of anilines is 1. The first-order valence-electron chi connectivity index (χ1n) is 8.00. The number of benzene rings is 1. The van der Waals surface area contributed by atoms with Crippen molar-refractivity contribution in [3.8, 4) is 0 Å². The SMILES string of the molecule is CC(C)CNC(=O)c1ccnc(C(=O)Nc2ccc(Cl)c(C(F)(F)F)c2)c1. The van der Waals surface area contributed by atoms with E-state index in [2.05, 4.69) is 15.6 Å². The molecule has 0 saturated carbocycles. The molecule has 0 atom stereocenters. The normalized spacial score (nSPS) is 11.4. The molecule has 2 aromatic rings. The van der Waals surface area contributed by atoms with Gasteiger partial charge in [-0.1, -0.05) is 25.4 Å². The Morgan fingerprint density at radius 2 is 1.85 bits per heavy atom. The van der Waals surface area contributed by atoms with Crippen LogP contribution in [0.3, 0.4) is 0 Å². The van der Waals surface area contributed by atoms with Crippen LogP contribution in [0.2, 0.25) is 5.02 Å². The number of pyridine rings is 1. The van der Waals surface area contributed by atoms with Crippen LogP contribution in [0, 0.1) is 5.92 Å². The summed E-state index contributed by atoms with van der Waals surface area (Å²) < 4.78 is 38.7. The van der Waals surface area contributed by atoms with Crippen LogP contribution in [0.5, 0.6) is 0 Å². The first-order valence-corrected chi connectivity index (χ1v) is 8.38. The van der Waals surface area contributed by atoms with E-state index in [1.807, 2.05) is 13.8 Å². The van der Waals surface area contributed by atoms with Gasteiger partial charge in [-0.25, -0.2) is 0 Å². The number of amides is 2. The number of hydrogen-bond donors (Lipinski definition) is 2. The monoisotopic (exact) mass is 399 g/mol. The van der Waals surface area contributed by atoms with Crippen LogP contribution < -0.4 is 10.6 Å². The lowest BCUT2D eigenvalue weighted by molar-refractivity contribution is -0.137. The summed E-state index contributed by atoms with van der Waals surface area (Å²) in [6, 6.07) is 5.74. The van der Waals surface area contributed by atoms with Crippen molar-refractivity contribution in [1.29, 1.82) is 0 Å². The number of nitrogens with one attached hydrogen (secondary N) is 2. The molecule has 0 bridgehead atoms. The molecule has 2 N–H and O–H groups in total. The largest absolute Gasteiger partial charge is 0.417 e. The maximum absolute atomic E-state index is 12.9. The fourth-order valence-electron chi connectivity index (χ4n) is 2.11. The van der Waals surface area contributed by atoms with E-state index in [-0.39, 0.29) is 28.8 Å². The molecule has 2 amide bonds. The fraction of sp³-hybridized carbons (Fsp3) is 0.278. The minimum atomic E-state index is -4.65. The van der Waals surface area contributed by atoms with E-state index in [1.54, 1.807) is 0 Å². The molecule has 5 nitrogen and oxygen atoms in total. The Morgan fingerprint density at radius 1 is 1.15 bits per heavy atom. The number of aromatic nitrogens is 1. The molecule has 0 aliphatic rings. The Balaban J connectivity index is 2.17. The number of carbonyl (C=O) groups is 2. The van der Waals surface area contributed by atoms with Crippen LogP contribution in [-0.4, -0.2) is 23.3 Å². The molecule has 1 aromatic carbocycles. The quantitative estimate of drug-likeness (QED) is 0.783. The third-order valence-electron chi connectivity index (χ3n) is 3.46. The van der Waals surface area contributed by atoms with Gasteiger partial charge in [-0.2, -0.15) is 13.2 Å². The third-order valence-corrected chi connectivity index (χ3v) is 3.78. The highest BCUT2D eigenvalue weighted by Gasteiger charge is 2.33. The van der Waals surface area contributed by atoms with Gasteiger partial charge in [0, 0.05) is 24.0 Å². The van der Waals surface area contributed by atoms with Crippen LogP contribution in [-0.2, 0) is 6.18 Å². The third kappa shape index (κ3) is 5.68. The van der Waals surface area contributed by atoms with Crippen molar-refractivity contribution < 1.29 is 22.8 Å². The maximum atomic E-state index is 12.9. The Labute approximate surface area is 158 Å². The van der Waals surface area contributed by atoms with Gasteiger partial charge in [0.25, 0.3) is 11.8 Å². The molecule has 144 valence electrons. The average molecular weight is 400 g/mol. The molecule has 1 heterocycles. The lowest BCUT2D eigenvalue weighted by Gasteiger charge is -2.12. The van der Waals surface area contributed by atoms with Gasteiger partial charge in [-0.15, -0.1) is 0 Å². The Morgan fingerprint density at radius 3 is 2.48 bits per heavy atom. The molecule has 0 spiro atoms. The van der Waals surface area contributed by atoms with E-state index in [0.29, 0.717) is 6.54 Å². The van der Waals surface area contributed by atoms with Crippen molar-refractivity contribution in [2.24, 2.45) is 5.92 Å². The maximum Gasteiger partial charge on any atom is 0.417 e. The van der Waals surface area contributed by atoms with E-state index in [9.17, 15) is 22.8 Å².